The van der Waals surface area contributed by atoms with E-state index in [-0.39, 0.29) is 0 Å². The smallest absolute Gasteiger partial charge is 0.134 e. The molecule has 0 unspecified atom stereocenters. The summed E-state index contributed by atoms with van der Waals surface area (Å²) in [5.41, 5.74) is 1.90. The molecule has 124 valence electrons. The van der Waals surface area contributed by atoms with Crippen LogP contribution in [-0.4, -0.2) is 0 Å². The Morgan fingerprint density at radius 1 is 0.423 bits per heavy atom. The Hall–Kier alpha value is -3.26. The zero-order valence-corrected chi connectivity index (χ0v) is 14.6. The second kappa shape index (κ2) is 4.67. The molecule has 2 heterocycles. The zero-order chi connectivity index (χ0) is 17.4. The van der Waals surface area contributed by atoms with Gasteiger partial charge >= 0.3 is 0 Å². The van der Waals surface area contributed by atoms with Crippen molar-refractivity contribution in [2.45, 2.75) is 13.8 Å². The van der Waals surface area contributed by atoms with Crippen molar-refractivity contribution in [3.63, 3.8) is 0 Å². The highest BCUT2D eigenvalue weighted by atomic mass is 16.3. The first-order valence-corrected chi connectivity index (χ1v) is 8.86. The number of furan rings is 2. The third kappa shape index (κ3) is 1.71. The molecule has 0 amide bonds. The fraction of sp³-hybridized carbons (Fsp3) is 0.0833. The highest BCUT2D eigenvalue weighted by Crippen LogP contribution is 2.37. The third-order valence-electron chi connectivity index (χ3n) is 5.44. The Labute approximate surface area is 149 Å². The Balaban J connectivity index is 1.81. The summed E-state index contributed by atoms with van der Waals surface area (Å²) in [7, 11) is 0. The molecule has 0 N–H and O–H groups in total. The number of hydrogen-bond donors (Lipinski definition) is 0. The van der Waals surface area contributed by atoms with Crippen LogP contribution in [0, 0.1) is 13.8 Å². The largest absolute Gasteiger partial charge is 0.461 e. The summed E-state index contributed by atoms with van der Waals surface area (Å²) in [5.74, 6) is 1.90. The molecule has 0 saturated heterocycles. The van der Waals surface area contributed by atoms with Gasteiger partial charge < -0.3 is 8.83 Å². The molecule has 0 aliphatic carbocycles. The van der Waals surface area contributed by atoms with Crippen LogP contribution in [0.2, 0.25) is 0 Å². The van der Waals surface area contributed by atoms with E-state index in [1.54, 1.807) is 0 Å². The molecule has 2 heteroatoms. The van der Waals surface area contributed by atoms with Crippen LogP contribution in [0.3, 0.4) is 0 Å². The first-order valence-electron chi connectivity index (χ1n) is 8.86. The van der Waals surface area contributed by atoms with Gasteiger partial charge in [-0.25, -0.2) is 0 Å². The van der Waals surface area contributed by atoms with Crippen LogP contribution in [0.4, 0.5) is 0 Å². The van der Waals surface area contributed by atoms with E-state index in [9.17, 15) is 0 Å². The summed E-state index contributed by atoms with van der Waals surface area (Å²) >= 11 is 0. The molecule has 6 rings (SSSR count). The Morgan fingerprint density at radius 3 is 1.12 bits per heavy atom. The van der Waals surface area contributed by atoms with Gasteiger partial charge in [0.25, 0.3) is 0 Å². The average molecular weight is 336 g/mol. The lowest BCUT2D eigenvalue weighted by Gasteiger charge is -2.08. The van der Waals surface area contributed by atoms with Gasteiger partial charge in [0.15, 0.2) is 0 Å². The first-order chi connectivity index (χ1) is 12.7. The first kappa shape index (κ1) is 14.0. The monoisotopic (exact) mass is 336 g/mol. The topological polar surface area (TPSA) is 26.3 Å². The van der Waals surface area contributed by atoms with Crippen LogP contribution >= 0.6 is 0 Å². The van der Waals surface area contributed by atoms with Crippen molar-refractivity contribution >= 4 is 54.3 Å². The third-order valence-corrected chi connectivity index (χ3v) is 5.44. The van der Waals surface area contributed by atoms with Gasteiger partial charge in [0.05, 0.1) is 0 Å². The lowest BCUT2D eigenvalue weighted by molar-refractivity contribution is 0.578. The number of rotatable bonds is 0. The molecular formula is C24H16O2. The normalized spacial score (nSPS) is 12.2. The second-order valence-corrected chi connectivity index (χ2v) is 7.09. The molecule has 4 aromatic carbocycles. The van der Waals surface area contributed by atoms with Crippen molar-refractivity contribution < 1.29 is 8.83 Å². The summed E-state index contributed by atoms with van der Waals surface area (Å²) in [5, 5.41) is 9.93. The molecule has 6 aromatic rings. The van der Waals surface area contributed by atoms with Gasteiger partial charge in [-0.3, -0.25) is 0 Å². The number of fused-ring (bicyclic) bond motifs is 9. The van der Waals surface area contributed by atoms with Crippen LogP contribution in [0.15, 0.2) is 69.5 Å². The van der Waals surface area contributed by atoms with Gasteiger partial charge in [0, 0.05) is 10.8 Å². The van der Waals surface area contributed by atoms with Gasteiger partial charge in [-0.1, -0.05) is 36.4 Å². The maximum Gasteiger partial charge on any atom is 0.134 e. The molecule has 2 aromatic heterocycles. The van der Waals surface area contributed by atoms with Gasteiger partial charge in [-0.2, -0.15) is 0 Å². The lowest BCUT2D eigenvalue weighted by atomic mass is 9.95. The predicted molar refractivity (Wildman–Crippen MR) is 108 cm³/mol. The molecule has 0 fully saturated rings. The maximum absolute atomic E-state index is 5.80. The van der Waals surface area contributed by atoms with Crippen LogP contribution < -0.4 is 0 Å². The number of benzene rings is 4. The molecule has 26 heavy (non-hydrogen) atoms. The van der Waals surface area contributed by atoms with Crippen molar-refractivity contribution in [1.82, 2.24) is 0 Å². The van der Waals surface area contributed by atoms with Crippen molar-refractivity contribution in [3.8, 4) is 0 Å². The van der Waals surface area contributed by atoms with Gasteiger partial charge in [-0.15, -0.1) is 0 Å². The molecule has 2 nitrogen and oxygen atoms in total. The van der Waals surface area contributed by atoms with E-state index in [0.29, 0.717) is 0 Å². The van der Waals surface area contributed by atoms with Gasteiger partial charge in [0.1, 0.15) is 22.7 Å². The van der Waals surface area contributed by atoms with E-state index >= 15 is 0 Å². The SMILES string of the molecule is Cc1cc2c(ccc3c2ccc2c4ccc5oc(C)cc5c4ccc32)o1. The Kier molecular flexibility index (Phi) is 2.51. The summed E-state index contributed by atoms with van der Waals surface area (Å²) in [4.78, 5) is 0. The standard InChI is InChI=1S/C24H16O2/c1-13-11-21-19-5-3-16-15(17(19)7-9-23(21)25-13)4-6-20-18(16)8-10-24-22(20)12-14(2)26-24/h3-12H,1-2H3. The fourth-order valence-electron chi connectivity index (χ4n) is 4.33. The van der Waals surface area contributed by atoms with Crippen molar-refractivity contribution in [1.29, 1.82) is 0 Å². The molecule has 0 aliphatic heterocycles. The molecular weight excluding hydrogens is 320 g/mol. The van der Waals surface area contributed by atoms with E-state index < -0.39 is 0 Å². The van der Waals surface area contributed by atoms with Gasteiger partial charge in [0.2, 0.25) is 0 Å². The molecule has 0 saturated carbocycles. The van der Waals surface area contributed by atoms with Crippen molar-refractivity contribution in [3.05, 3.63) is 72.2 Å². The molecule has 0 aliphatic rings. The minimum absolute atomic E-state index is 0.948. The van der Waals surface area contributed by atoms with Crippen LogP contribution in [-0.2, 0) is 0 Å². The highest BCUT2D eigenvalue weighted by molar-refractivity contribution is 6.24. The molecule has 0 spiro atoms. The van der Waals surface area contributed by atoms with E-state index in [2.05, 4.69) is 60.7 Å². The molecule has 0 radical (unpaired) electrons. The second-order valence-electron chi connectivity index (χ2n) is 7.09. The van der Waals surface area contributed by atoms with Crippen molar-refractivity contribution in [2.24, 2.45) is 0 Å². The Bertz CT molecular complexity index is 1380. The molecule has 0 bridgehead atoms. The summed E-state index contributed by atoms with van der Waals surface area (Å²) < 4.78 is 11.6. The van der Waals surface area contributed by atoms with Crippen LogP contribution in [0.5, 0.6) is 0 Å². The fourth-order valence-corrected chi connectivity index (χ4v) is 4.33. The highest BCUT2D eigenvalue weighted by Gasteiger charge is 2.11. The van der Waals surface area contributed by atoms with Crippen LogP contribution in [0.25, 0.3) is 54.3 Å². The summed E-state index contributed by atoms with van der Waals surface area (Å²) in [6.45, 7) is 4.00. The van der Waals surface area contributed by atoms with Crippen LogP contribution in [0.1, 0.15) is 11.5 Å². The average Bonchev–Trinajstić information content (AvgIpc) is 3.21. The number of hydrogen-bond acceptors (Lipinski definition) is 2. The minimum atomic E-state index is 0.948. The quantitative estimate of drug-likeness (QED) is 0.273. The maximum atomic E-state index is 5.80. The van der Waals surface area contributed by atoms with E-state index in [1.807, 2.05) is 13.8 Å². The van der Waals surface area contributed by atoms with E-state index in [0.717, 1.165) is 22.7 Å². The summed E-state index contributed by atoms with van der Waals surface area (Å²) in [6.07, 6.45) is 0. The van der Waals surface area contributed by atoms with Gasteiger partial charge in [-0.05, 0) is 70.4 Å². The summed E-state index contributed by atoms with van der Waals surface area (Å²) in [6, 6.07) is 21.7. The minimum Gasteiger partial charge on any atom is -0.461 e. The molecule has 0 atom stereocenters. The number of aryl methyl sites for hydroxylation is 2. The lowest BCUT2D eigenvalue weighted by Crippen LogP contribution is -1.82. The van der Waals surface area contributed by atoms with Crippen molar-refractivity contribution in [2.75, 3.05) is 0 Å². The predicted octanol–water partition coefficient (Wildman–Crippen LogP) is 7.26. The Morgan fingerprint density at radius 2 is 0.731 bits per heavy atom. The van der Waals surface area contributed by atoms with E-state index in [4.69, 9.17) is 8.83 Å². The van der Waals surface area contributed by atoms with E-state index in [1.165, 1.54) is 43.1 Å². The zero-order valence-electron chi connectivity index (χ0n) is 14.6.